The number of hydrogen-bond donors (Lipinski definition) is 1. The summed E-state index contributed by atoms with van der Waals surface area (Å²) in [5, 5.41) is 22.5. The van der Waals surface area contributed by atoms with Gasteiger partial charge in [-0.15, -0.1) is 16.5 Å². The van der Waals surface area contributed by atoms with E-state index in [1.807, 2.05) is 12.2 Å². The number of aromatic nitrogens is 2. The number of thiophene rings is 1. The molecule has 1 atom stereocenters. The quantitative estimate of drug-likeness (QED) is 0.464. The van der Waals surface area contributed by atoms with Crippen LogP contribution in [-0.4, -0.2) is 90.3 Å². The van der Waals surface area contributed by atoms with E-state index in [-0.39, 0.29) is 5.92 Å². The molecule has 3 aliphatic heterocycles. The van der Waals surface area contributed by atoms with Crippen LogP contribution in [0.3, 0.4) is 0 Å². The van der Waals surface area contributed by atoms with E-state index in [2.05, 4.69) is 43.2 Å². The van der Waals surface area contributed by atoms with Gasteiger partial charge < -0.3 is 29.7 Å². The first-order chi connectivity index (χ1) is 20.1. The molecule has 5 heterocycles. The van der Waals surface area contributed by atoms with Gasteiger partial charge in [-0.25, -0.2) is 4.99 Å². The second-order valence-corrected chi connectivity index (χ2v) is 11.9. The standard InChI is InChI=1S/C28H36N10O2S/c1-36-14-9-21(26-33-27(40-35-26)19-6-4-7-22-24(19)20(18-29)25(30)41-22)32-28(36)38-13-5-12-37(15-16-38)11-2-3-17-39-23-8-10-31-34-23/h8-9,19H,2-7,10-17,30H2,1H3. The number of nitriles is 1. The van der Waals surface area contributed by atoms with Gasteiger partial charge in [0.05, 0.1) is 24.6 Å². The Hall–Kier alpha value is -3.76. The van der Waals surface area contributed by atoms with E-state index in [4.69, 9.17) is 25.0 Å². The van der Waals surface area contributed by atoms with Crippen LogP contribution in [0, 0.1) is 11.3 Å². The zero-order valence-corrected chi connectivity index (χ0v) is 24.3. The first-order valence-corrected chi connectivity index (χ1v) is 15.2. The van der Waals surface area contributed by atoms with E-state index in [1.165, 1.54) is 11.3 Å². The molecule has 2 aromatic heterocycles. The van der Waals surface area contributed by atoms with Gasteiger partial charge in [0.1, 0.15) is 16.8 Å². The summed E-state index contributed by atoms with van der Waals surface area (Å²) >= 11 is 1.51. The number of nitrogen functional groups attached to an aromatic ring is 1. The number of fused-ring (bicyclic) bond motifs is 1. The van der Waals surface area contributed by atoms with Crippen LogP contribution in [0.2, 0.25) is 0 Å². The molecule has 6 rings (SSSR count). The van der Waals surface area contributed by atoms with Gasteiger partial charge in [0.15, 0.2) is 0 Å². The summed E-state index contributed by atoms with van der Waals surface area (Å²) in [6.07, 6.45) is 9.92. The zero-order valence-electron chi connectivity index (χ0n) is 23.5. The Morgan fingerprint density at radius 1 is 1.20 bits per heavy atom. The molecule has 216 valence electrons. The largest absolute Gasteiger partial charge is 0.477 e. The van der Waals surface area contributed by atoms with E-state index in [1.54, 1.807) is 0 Å². The van der Waals surface area contributed by atoms with Crippen molar-refractivity contribution in [3.8, 4) is 6.07 Å². The third-order valence-electron chi connectivity index (χ3n) is 8.00. The molecule has 0 aromatic carbocycles. The van der Waals surface area contributed by atoms with Crippen LogP contribution in [0.1, 0.15) is 65.7 Å². The fraction of sp³-hybridized carbons (Fsp3) is 0.571. The van der Waals surface area contributed by atoms with Crippen molar-refractivity contribution >= 4 is 28.0 Å². The van der Waals surface area contributed by atoms with E-state index >= 15 is 0 Å². The highest BCUT2D eigenvalue weighted by atomic mass is 32.1. The minimum Gasteiger partial charge on any atom is -0.477 e. The maximum absolute atomic E-state index is 9.71. The predicted molar refractivity (Wildman–Crippen MR) is 156 cm³/mol. The molecular weight excluding hydrogens is 540 g/mol. The Morgan fingerprint density at radius 2 is 2.12 bits per heavy atom. The van der Waals surface area contributed by atoms with Crippen molar-refractivity contribution in [1.82, 2.24) is 24.8 Å². The number of aliphatic imine (C=N–C) groups is 1. The Bertz CT molecular complexity index is 1420. The van der Waals surface area contributed by atoms with Gasteiger partial charge in [0.25, 0.3) is 0 Å². The first-order valence-electron chi connectivity index (χ1n) is 14.4. The number of nitrogens with zero attached hydrogens (tertiary/aromatic N) is 9. The molecule has 0 amide bonds. The second kappa shape index (κ2) is 12.4. The SMILES string of the molecule is CN1CC=C(c2noc(C3CCCc4sc(N)c(C#N)c43)n2)N=C1N1CCCN(CCCCOC2=CCN=N2)CC1. The van der Waals surface area contributed by atoms with Crippen molar-refractivity contribution in [1.29, 1.82) is 5.26 Å². The van der Waals surface area contributed by atoms with E-state index in [0.717, 1.165) is 99.9 Å². The van der Waals surface area contributed by atoms with E-state index in [9.17, 15) is 5.26 Å². The van der Waals surface area contributed by atoms with E-state index < -0.39 is 0 Å². The molecule has 12 nitrogen and oxygen atoms in total. The number of likely N-dealkylation sites (N-methyl/N-ethyl adjacent to an activating group) is 1. The fourth-order valence-corrected chi connectivity index (χ4v) is 7.01. The first kappa shape index (κ1) is 27.4. The summed E-state index contributed by atoms with van der Waals surface area (Å²) in [7, 11) is 2.07. The number of rotatable bonds is 8. The lowest BCUT2D eigenvalue weighted by atomic mass is 9.85. The van der Waals surface area contributed by atoms with Crippen LogP contribution in [-0.2, 0) is 11.2 Å². The molecule has 1 unspecified atom stereocenters. The van der Waals surface area contributed by atoms with Crippen LogP contribution in [0.25, 0.3) is 5.70 Å². The van der Waals surface area contributed by atoms with Crippen LogP contribution >= 0.6 is 11.3 Å². The monoisotopic (exact) mass is 576 g/mol. The lowest BCUT2D eigenvalue weighted by molar-refractivity contribution is 0.194. The molecule has 1 saturated heterocycles. The summed E-state index contributed by atoms with van der Waals surface area (Å²) in [5.41, 5.74) is 8.41. The highest BCUT2D eigenvalue weighted by Crippen LogP contribution is 2.44. The van der Waals surface area contributed by atoms with Crippen LogP contribution < -0.4 is 5.73 Å². The number of guanidine groups is 1. The number of aryl methyl sites for hydroxylation is 1. The number of hydrogen-bond acceptors (Lipinski definition) is 13. The van der Waals surface area contributed by atoms with Gasteiger partial charge in [-0.05, 0) is 63.3 Å². The molecule has 2 aromatic rings. The minimum absolute atomic E-state index is 0.105. The summed E-state index contributed by atoms with van der Waals surface area (Å²) in [6.45, 7) is 7.03. The van der Waals surface area contributed by atoms with Crippen molar-refractivity contribution in [2.45, 2.75) is 44.4 Å². The topological polar surface area (TPSA) is 145 Å². The minimum atomic E-state index is -0.105. The molecule has 0 bridgehead atoms. The van der Waals surface area contributed by atoms with Gasteiger partial charge in [-0.2, -0.15) is 15.4 Å². The molecule has 2 N–H and O–H groups in total. The number of azo groups is 1. The molecule has 0 spiro atoms. The molecule has 4 aliphatic rings. The van der Waals surface area contributed by atoms with Crippen LogP contribution in [0.15, 0.2) is 37.8 Å². The maximum Gasteiger partial charge on any atom is 0.234 e. The van der Waals surface area contributed by atoms with Crippen molar-refractivity contribution < 1.29 is 9.26 Å². The molecule has 0 radical (unpaired) electrons. The highest BCUT2D eigenvalue weighted by molar-refractivity contribution is 7.16. The van der Waals surface area contributed by atoms with Gasteiger partial charge in [-0.1, -0.05) is 5.16 Å². The average molecular weight is 577 g/mol. The number of anilines is 1. The van der Waals surface area contributed by atoms with Gasteiger partial charge in [-0.3, -0.25) is 0 Å². The van der Waals surface area contributed by atoms with Crippen molar-refractivity contribution in [2.24, 2.45) is 15.2 Å². The summed E-state index contributed by atoms with van der Waals surface area (Å²) < 4.78 is 11.4. The van der Waals surface area contributed by atoms with Crippen molar-refractivity contribution in [3.63, 3.8) is 0 Å². The fourth-order valence-electron chi connectivity index (χ4n) is 5.88. The van der Waals surface area contributed by atoms with E-state index in [0.29, 0.717) is 41.3 Å². The van der Waals surface area contributed by atoms with Gasteiger partial charge >= 0.3 is 0 Å². The predicted octanol–water partition coefficient (Wildman–Crippen LogP) is 3.81. The third-order valence-corrected chi connectivity index (χ3v) is 9.10. The maximum atomic E-state index is 9.71. The zero-order chi connectivity index (χ0) is 28.2. The Labute approximate surface area is 243 Å². The Morgan fingerprint density at radius 3 is 2.98 bits per heavy atom. The molecule has 1 aliphatic carbocycles. The second-order valence-electron chi connectivity index (χ2n) is 10.8. The van der Waals surface area contributed by atoms with Crippen molar-refractivity contribution in [2.75, 3.05) is 65.2 Å². The number of ether oxygens (including phenoxy) is 1. The lowest BCUT2D eigenvalue weighted by Crippen LogP contribution is -2.45. The summed E-state index contributed by atoms with van der Waals surface area (Å²) in [4.78, 5) is 18.0. The summed E-state index contributed by atoms with van der Waals surface area (Å²) in [6, 6.07) is 2.29. The van der Waals surface area contributed by atoms with Crippen LogP contribution in [0.5, 0.6) is 0 Å². The third kappa shape index (κ3) is 5.99. The Kier molecular flexibility index (Phi) is 8.29. The number of unbranched alkanes of at least 4 members (excludes halogenated alkanes) is 1. The average Bonchev–Trinajstić information content (AvgIpc) is 3.71. The van der Waals surface area contributed by atoms with Gasteiger partial charge in [0, 0.05) is 44.2 Å². The molecule has 41 heavy (non-hydrogen) atoms. The molecule has 0 saturated carbocycles. The summed E-state index contributed by atoms with van der Waals surface area (Å²) in [5.74, 6) is 2.52. The molecule has 13 heteroatoms. The highest BCUT2D eigenvalue weighted by Gasteiger charge is 2.33. The van der Waals surface area contributed by atoms with Crippen LogP contribution in [0.4, 0.5) is 5.00 Å². The normalized spacial score (nSPS) is 21.2. The smallest absolute Gasteiger partial charge is 0.234 e. The lowest BCUT2D eigenvalue weighted by Gasteiger charge is -2.33. The molecule has 1 fully saturated rings. The van der Waals surface area contributed by atoms with Crippen molar-refractivity contribution in [3.05, 3.63) is 45.8 Å². The van der Waals surface area contributed by atoms with Gasteiger partial charge in [0.2, 0.25) is 23.6 Å². The molecular formula is C28H36N10O2S. The Balaban J connectivity index is 1.07. The number of nitrogens with two attached hydrogens (primary N) is 1.